The van der Waals surface area contributed by atoms with E-state index in [0.29, 0.717) is 32.6 Å². The van der Waals surface area contributed by atoms with Crippen molar-refractivity contribution in [2.75, 3.05) is 46.9 Å². The average molecular weight is 404 g/mol. The SMILES string of the molecule is CN(C)C(=O)c1sc2ncccc2c1[C@H]1CCCN(CC2(O)CCOCC2)C1. The number of piperidine rings is 1. The average Bonchev–Trinajstić information content (AvgIpc) is 3.07. The molecule has 0 spiro atoms. The maximum Gasteiger partial charge on any atom is 0.263 e. The van der Waals surface area contributed by atoms with E-state index in [1.54, 1.807) is 25.2 Å². The largest absolute Gasteiger partial charge is 0.388 e. The Morgan fingerprint density at radius 2 is 2.21 bits per heavy atom. The Balaban J connectivity index is 1.62. The van der Waals surface area contributed by atoms with Gasteiger partial charge < -0.3 is 14.7 Å². The number of hydrogen-bond donors (Lipinski definition) is 1. The number of aromatic nitrogens is 1. The number of hydrogen-bond acceptors (Lipinski definition) is 6. The van der Waals surface area contributed by atoms with Gasteiger partial charge in [-0.1, -0.05) is 6.07 Å². The molecular formula is C21H29N3O3S. The van der Waals surface area contributed by atoms with Gasteiger partial charge in [0.25, 0.3) is 5.91 Å². The summed E-state index contributed by atoms with van der Waals surface area (Å²) in [7, 11) is 3.61. The van der Waals surface area contributed by atoms with Gasteiger partial charge in [-0.05, 0) is 36.9 Å². The molecule has 2 aliphatic heterocycles. The lowest BCUT2D eigenvalue weighted by molar-refractivity contribution is -0.0824. The molecule has 0 aliphatic carbocycles. The maximum absolute atomic E-state index is 12.9. The number of nitrogens with zero attached hydrogens (tertiary/aromatic N) is 3. The zero-order valence-electron chi connectivity index (χ0n) is 16.7. The normalized spacial score (nSPS) is 23.0. The van der Waals surface area contributed by atoms with Gasteiger partial charge in [-0.3, -0.25) is 9.69 Å². The first-order valence-corrected chi connectivity index (χ1v) is 10.9. The van der Waals surface area contributed by atoms with Crippen LogP contribution in [0.5, 0.6) is 0 Å². The molecule has 2 saturated heterocycles. The van der Waals surface area contributed by atoms with Crippen LogP contribution in [0.2, 0.25) is 0 Å². The van der Waals surface area contributed by atoms with Crippen LogP contribution in [0.15, 0.2) is 18.3 Å². The predicted molar refractivity (Wildman–Crippen MR) is 111 cm³/mol. The molecule has 1 amide bonds. The number of likely N-dealkylation sites (tertiary alicyclic amines) is 1. The van der Waals surface area contributed by atoms with E-state index in [-0.39, 0.29) is 11.8 Å². The summed E-state index contributed by atoms with van der Waals surface area (Å²) < 4.78 is 5.42. The second-order valence-electron chi connectivity index (χ2n) is 8.31. The van der Waals surface area contributed by atoms with Crippen molar-refractivity contribution in [3.63, 3.8) is 0 Å². The molecule has 0 aromatic carbocycles. The highest BCUT2D eigenvalue weighted by atomic mass is 32.1. The molecule has 0 bridgehead atoms. The lowest BCUT2D eigenvalue weighted by Gasteiger charge is -2.40. The van der Waals surface area contributed by atoms with Crippen LogP contribution in [0.3, 0.4) is 0 Å². The number of carbonyl (C=O) groups excluding carboxylic acids is 1. The van der Waals surface area contributed by atoms with Crippen LogP contribution in [0.1, 0.15) is 46.8 Å². The Morgan fingerprint density at radius 3 is 2.96 bits per heavy atom. The van der Waals surface area contributed by atoms with Crippen molar-refractivity contribution in [2.24, 2.45) is 0 Å². The van der Waals surface area contributed by atoms with Crippen molar-refractivity contribution in [3.8, 4) is 0 Å². The number of aliphatic hydroxyl groups is 1. The molecule has 0 radical (unpaired) electrons. The molecule has 28 heavy (non-hydrogen) atoms. The second-order valence-corrected chi connectivity index (χ2v) is 9.31. The minimum absolute atomic E-state index is 0.0539. The first-order valence-electron chi connectivity index (χ1n) is 10.1. The fourth-order valence-corrected chi connectivity index (χ4v) is 5.73. The summed E-state index contributed by atoms with van der Waals surface area (Å²) >= 11 is 1.50. The number of carbonyl (C=O) groups is 1. The highest BCUT2D eigenvalue weighted by molar-refractivity contribution is 7.20. The van der Waals surface area contributed by atoms with Crippen LogP contribution in [0.4, 0.5) is 0 Å². The van der Waals surface area contributed by atoms with E-state index >= 15 is 0 Å². The number of amides is 1. The summed E-state index contributed by atoms with van der Waals surface area (Å²) in [5, 5.41) is 12.0. The Kier molecular flexibility index (Phi) is 5.69. The molecule has 2 aliphatic rings. The zero-order valence-corrected chi connectivity index (χ0v) is 17.5. The molecule has 6 nitrogen and oxygen atoms in total. The smallest absolute Gasteiger partial charge is 0.263 e. The van der Waals surface area contributed by atoms with Gasteiger partial charge in [-0.25, -0.2) is 4.98 Å². The van der Waals surface area contributed by atoms with Gasteiger partial charge >= 0.3 is 0 Å². The molecule has 1 atom stereocenters. The van der Waals surface area contributed by atoms with E-state index in [0.717, 1.165) is 46.6 Å². The number of rotatable bonds is 4. The van der Waals surface area contributed by atoms with Gasteiger partial charge in [0.2, 0.25) is 0 Å². The van der Waals surface area contributed by atoms with Gasteiger partial charge in [-0.2, -0.15) is 0 Å². The molecule has 2 aromatic heterocycles. The maximum atomic E-state index is 12.9. The summed E-state index contributed by atoms with van der Waals surface area (Å²) in [6.45, 7) is 3.82. The summed E-state index contributed by atoms with van der Waals surface area (Å²) in [6, 6.07) is 4.04. The number of ether oxygens (including phenoxy) is 1. The third-order valence-electron chi connectivity index (χ3n) is 5.96. The Bertz CT molecular complexity index is 845. The monoisotopic (exact) mass is 403 g/mol. The van der Waals surface area contributed by atoms with Gasteiger partial charge in [-0.15, -0.1) is 11.3 Å². The van der Waals surface area contributed by atoms with Gasteiger partial charge in [0.05, 0.1) is 10.5 Å². The molecule has 0 unspecified atom stereocenters. The molecule has 0 saturated carbocycles. The quantitative estimate of drug-likeness (QED) is 0.850. The van der Waals surface area contributed by atoms with Crippen molar-refractivity contribution >= 4 is 27.5 Å². The topological polar surface area (TPSA) is 65.9 Å². The van der Waals surface area contributed by atoms with E-state index in [1.165, 1.54) is 11.3 Å². The Hall–Kier alpha value is -1.54. The Morgan fingerprint density at radius 1 is 1.43 bits per heavy atom. The molecule has 7 heteroatoms. The van der Waals surface area contributed by atoms with Crippen molar-refractivity contribution in [1.82, 2.24) is 14.8 Å². The molecule has 2 aromatic rings. The summed E-state index contributed by atoms with van der Waals surface area (Å²) in [4.78, 5) is 23.2. The van der Waals surface area contributed by atoms with Crippen LogP contribution in [0, 0.1) is 0 Å². The number of β-amino-alcohol motifs (C(OH)–C–C–N with tert-alkyl or cyclic N) is 1. The number of pyridine rings is 1. The standard InChI is InChI=1S/C21H29N3O3S/c1-23(2)20(25)18-17(16-6-3-9-22-19(16)28-18)15-5-4-10-24(13-15)14-21(26)7-11-27-12-8-21/h3,6,9,15,26H,4-5,7-8,10-14H2,1-2H3/t15-/m0/s1. The van der Waals surface area contributed by atoms with Crippen molar-refractivity contribution in [3.05, 3.63) is 28.8 Å². The molecule has 4 rings (SSSR count). The second kappa shape index (κ2) is 8.06. The summed E-state index contributed by atoms with van der Waals surface area (Å²) in [5.41, 5.74) is 0.496. The lowest BCUT2D eigenvalue weighted by atomic mass is 9.87. The number of thiophene rings is 1. The van der Waals surface area contributed by atoms with Gasteiger partial charge in [0, 0.05) is 64.8 Å². The zero-order chi connectivity index (χ0) is 19.7. The third-order valence-corrected chi connectivity index (χ3v) is 7.08. The summed E-state index contributed by atoms with van der Waals surface area (Å²) in [5.74, 6) is 0.340. The Labute approximate surface area is 170 Å². The van der Waals surface area contributed by atoms with Crippen LogP contribution in [0.25, 0.3) is 10.2 Å². The fraction of sp³-hybridized carbons (Fsp3) is 0.619. The van der Waals surface area contributed by atoms with E-state index in [1.807, 2.05) is 6.07 Å². The molecule has 4 heterocycles. The molecule has 152 valence electrons. The highest BCUT2D eigenvalue weighted by Gasteiger charge is 2.35. The molecule has 2 fully saturated rings. The lowest BCUT2D eigenvalue weighted by Crippen LogP contribution is -2.49. The van der Waals surface area contributed by atoms with Gasteiger partial charge in [0.1, 0.15) is 4.83 Å². The van der Waals surface area contributed by atoms with E-state index in [9.17, 15) is 9.90 Å². The number of fused-ring (bicyclic) bond motifs is 1. The molecule has 1 N–H and O–H groups in total. The van der Waals surface area contributed by atoms with E-state index in [2.05, 4.69) is 16.0 Å². The third kappa shape index (κ3) is 3.94. The first-order chi connectivity index (χ1) is 13.5. The minimum Gasteiger partial charge on any atom is -0.388 e. The molecular weight excluding hydrogens is 374 g/mol. The van der Waals surface area contributed by atoms with E-state index in [4.69, 9.17) is 4.74 Å². The van der Waals surface area contributed by atoms with Crippen molar-refractivity contribution in [1.29, 1.82) is 0 Å². The van der Waals surface area contributed by atoms with E-state index < -0.39 is 5.60 Å². The van der Waals surface area contributed by atoms with Crippen LogP contribution in [-0.4, -0.2) is 78.3 Å². The first kappa shape index (κ1) is 19.8. The fourth-order valence-electron chi connectivity index (χ4n) is 4.48. The van der Waals surface area contributed by atoms with Crippen LogP contribution in [-0.2, 0) is 4.74 Å². The highest BCUT2D eigenvalue weighted by Crippen LogP contribution is 2.40. The van der Waals surface area contributed by atoms with Crippen molar-refractivity contribution < 1.29 is 14.6 Å². The van der Waals surface area contributed by atoms with Crippen LogP contribution >= 0.6 is 11.3 Å². The van der Waals surface area contributed by atoms with Crippen molar-refractivity contribution in [2.45, 2.75) is 37.2 Å². The van der Waals surface area contributed by atoms with Gasteiger partial charge in [0.15, 0.2) is 0 Å². The summed E-state index contributed by atoms with van der Waals surface area (Å²) in [6.07, 6.45) is 5.32. The predicted octanol–water partition coefficient (Wildman–Crippen LogP) is 2.72. The minimum atomic E-state index is -0.652. The van der Waals surface area contributed by atoms with Crippen LogP contribution < -0.4 is 0 Å².